The molecule has 3 heterocycles. The lowest BCUT2D eigenvalue weighted by Crippen LogP contribution is -2.38. The minimum absolute atomic E-state index is 0.683. The van der Waals surface area contributed by atoms with Crippen LogP contribution in [0.3, 0.4) is 0 Å². The highest BCUT2D eigenvalue weighted by atomic mass is 35.5. The molecule has 3 aromatic heterocycles. The third kappa shape index (κ3) is 8.61. The van der Waals surface area contributed by atoms with Gasteiger partial charge in [-0.3, -0.25) is 0 Å². The zero-order chi connectivity index (χ0) is 28.3. The van der Waals surface area contributed by atoms with Gasteiger partial charge in [0.2, 0.25) is 6.33 Å². The lowest BCUT2D eigenvalue weighted by atomic mass is 10.3. The van der Waals surface area contributed by atoms with E-state index in [9.17, 15) is 0 Å². The van der Waals surface area contributed by atoms with E-state index in [1.54, 1.807) is 0 Å². The first kappa shape index (κ1) is 28.3. The van der Waals surface area contributed by atoms with E-state index in [1.807, 2.05) is 97.3 Å². The summed E-state index contributed by atoms with van der Waals surface area (Å²) in [6.45, 7) is 3.49. The maximum absolute atomic E-state index is 5.96. The van der Waals surface area contributed by atoms with Crippen molar-refractivity contribution in [3.8, 4) is 0 Å². The number of aromatic nitrogens is 4. The van der Waals surface area contributed by atoms with Crippen LogP contribution in [-0.4, -0.2) is 4.57 Å². The normalized spacial score (nSPS) is 11.6. The Morgan fingerprint density at radius 3 is 1.66 bits per heavy atom. The van der Waals surface area contributed by atoms with Crippen LogP contribution in [0.15, 0.2) is 137 Å². The van der Waals surface area contributed by atoms with E-state index in [0.717, 1.165) is 62.0 Å². The zero-order valence-corrected chi connectivity index (χ0v) is 24.1. The van der Waals surface area contributed by atoms with Gasteiger partial charge in [-0.1, -0.05) is 35.3 Å². The van der Waals surface area contributed by atoms with Crippen LogP contribution in [0.25, 0.3) is 0 Å². The molecule has 0 fully saturated rings. The zero-order valence-electron chi connectivity index (χ0n) is 22.5. The molecule has 0 spiro atoms. The molecule has 0 aliphatic carbocycles. The molecule has 5 rings (SSSR count). The van der Waals surface area contributed by atoms with Crippen LogP contribution in [0.2, 0.25) is 10.0 Å². The number of hydrogen-bond acceptors (Lipinski definition) is 4. The molecular formula is C31H31Cl2N8+3. The molecule has 0 saturated carbocycles. The second-order valence-corrected chi connectivity index (χ2v) is 10.3. The summed E-state index contributed by atoms with van der Waals surface area (Å²) in [5, 5.41) is 19.0. The summed E-state index contributed by atoms with van der Waals surface area (Å²) in [5.74, 6) is 1.63. The van der Waals surface area contributed by atoms with E-state index in [-0.39, 0.29) is 0 Å². The first-order valence-electron chi connectivity index (χ1n) is 13.5. The number of rotatable bonds is 12. The summed E-state index contributed by atoms with van der Waals surface area (Å²) >= 11 is 11.9. The molecular weight excluding hydrogens is 555 g/mol. The van der Waals surface area contributed by atoms with Crippen molar-refractivity contribution in [3.05, 3.63) is 126 Å². The number of hydrogen-bond donors (Lipinski definition) is 0. The molecule has 0 amide bonds. The van der Waals surface area contributed by atoms with Gasteiger partial charge in [0.15, 0.2) is 0 Å². The highest BCUT2D eigenvalue weighted by molar-refractivity contribution is 6.30. The standard InChI is InChI=1S/C31H31Cl2N8/c32-26-9-13-28(14-10-26)34-36-30-7-1-3-19-40(30)21-5-17-38-23-24-39(25-38)18-6-22-41-20-4-2-8-31(41)37-35-29-15-11-27(33)12-16-29/h1-4,7-16,19-20,23-25H,5-6,17-18,21-22H2/q+3. The van der Waals surface area contributed by atoms with Gasteiger partial charge in [-0.2, -0.15) is 0 Å². The average molecular weight is 587 g/mol. The van der Waals surface area contributed by atoms with E-state index in [1.165, 1.54) is 0 Å². The van der Waals surface area contributed by atoms with Gasteiger partial charge in [0.25, 0.3) is 0 Å². The van der Waals surface area contributed by atoms with Crippen LogP contribution >= 0.6 is 23.2 Å². The fraction of sp³-hybridized carbons (Fsp3) is 0.194. The molecule has 0 N–H and O–H groups in total. The summed E-state index contributed by atoms with van der Waals surface area (Å²) in [7, 11) is 0. The van der Waals surface area contributed by atoms with Gasteiger partial charge in [-0.15, -0.1) is 0 Å². The predicted octanol–water partition coefficient (Wildman–Crippen LogP) is 7.67. The van der Waals surface area contributed by atoms with Gasteiger partial charge in [0.05, 0.1) is 48.8 Å². The van der Waals surface area contributed by atoms with Crippen LogP contribution in [-0.2, 0) is 26.2 Å². The summed E-state index contributed by atoms with van der Waals surface area (Å²) < 4.78 is 8.69. The van der Waals surface area contributed by atoms with Crippen molar-refractivity contribution in [2.75, 3.05) is 0 Å². The highest BCUT2D eigenvalue weighted by Crippen LogP contribution is 2.19. The van der Waals surface area contributed by atoms with Gasteiger partial charge in [-0.25, -0.2) is 18.3 Å². The van der Waals surface area contributed by atoms with E-state index >= 15 is 0 Å². The number of aryl methyl sites for hydroxylation is 4. The lowest BCUT2D eigenvalue weighted by Gasteiger charge is -2.01. The van der Waals surface area contributed by atoms with Crippen molar-refractivity contribution in [2.45, 2.75) is 39.0 Å². The largest absolute Gasteiger partial charge is 0.350 e. The summed E-state index contributed by atoms with van der Waals surface area (Å²) in [6, 6.07) is 26.6. The molecule has 8 nitrogen and oxygen atoms in total. The van der Waals surface area contributed by atoms with Crippen molar-refractivity contribution >= 4 is 46.2 Å². The summed E-state index contributed by atoms with van der Waals surface area (Å²) in [4.78, 5) is 0. The maximum atomic E-state index is 5.96. The second-order valence-electron chi connectivity index (χ2n) is 9.45. The molecule has 41 heavy (non-hydrogen) atoms. The Bertz CT molecular complexity index is 1490. The van der Waals surface area contributed by atoms with Gasteiger partial charge < -0.3 is 0 Å². The number of benzene rings is 2. The molecule has 0 saturated heterocycles. The molecule has 0 aliphatic heterocycles. The quantitative estimate of drug-likeness (QED) is 0.106. The van der Waals surface area contributed by atoms with Crippen molar-refractivity contribution in [1.29, 1.82) is 0 Å². The Morgan fingerprint density at radius 2 is 1.10 bits per heavy atom. The van der Waals surface area contributed by atoms with Gasteiger partial charge in [-0.05, 0) is 70.9 Å². The molecule has 0 atom stereocenters. The minimum Gasteiger partial charge on any atom is -0.237 e. The van der Waals surface area contributed by atoms with Crippen LogP contribution < -0.4 is 13.7 Å². The molecule has 0 radical (unpaired) electrons. The molecule has 0 aliphatic rings. The number of nitrogens with zero attached hydrogens (tertiary/aromatic N) is 8. The molecule has 0 bridgehead atoms. The van der Waals surface area contributed by atoms with Crippen LogP contribution in [0.5, 0.6) is 0 Å². The fourth-order valence-electron chi connectivity index (χ4n) is 4.28. The Morgan fingerprint density at radius 1 is 0.561 bits per heavy atom. The Labute approximate surface area is 249 Å². The fourth-order valence-corrected chi connectivity index (χ4v) is 4.53. The third-order valence-electron chi connectivity index (χ3n) is 6.40. The van der Waals surface area contributed by atoms with Crippen LogP contribution in [0.4, 0.5) is 23.0 Å². The van der Waals surface area contributed by atoms with E-state index < -0.39 is 0 Å². The number of pyridine rings is 2. The molecule has 0 unspecified atom stereocenters. The van der Waals surface area contributed by atoms with Crippen molar-refractivity contribution in [1.82, 2.24) is 4.57 Å². The van der Waals surface area contributed by atoms with Crippen molar-refractivity contribution in [3.63, 3.8) is 0 Å². The van der Waals surface area contributed by atoms with Gasteiger partial charge >= 0.3 is 11.6 Å². The Kier molecular flexibility index (Phi) is 9.92. The van der Waals surface area contributed by atoms with Crippen LogP contribution in [0.1, 0.15) is 12.8 Å². The number of halogens is 2. The van der Waals surface area contributed by atoms with E-state index in [4.69, 9.17) is 23.2 Å². The van der Waals surface area contributed by atoms with Gasteiger partial charge in [0, 0.05) is 35.0 Å². The maximum Gasteiger partial charge on any atom is 0.350 e. The first-order valence-corrected chi connectivity index (χ1v) is 14.2. The SMILES string of the molecule is Clc1ccc(/N=N/c2cccc[n+]2CCCn2cc[n+](CCC[n+]3ccccc3/N=N/c3ccc(Cl)cc3)c2)cc1. The number of azo groups is 2. The van der Waals surface area contributed by atoms with E-state index in [0.29, 0.717) is 10.0 Å². The predicted molar refractivity (Wildman–Crippen MR) is 158 cm³/mol. The Hall–Kier alpha value is -4.27. The monoisotopic (exact) mass is 585 g/mol. The topological polar surface area (TPSA) is 66.0 Å². The van der Waals surface area contributed by atoms with E-state index in [2.05, 4.69) is 57.4 Å². The van der Waals surface area contributed by atoms with Crippen molar-refractivity contribution < 1.29 is 13.7 Å². The lowest BCUT2D eigenvalue weighted by molar-refractivity contribution is -0.721. The minimum atomic E-state index is 0.683. The molecule has 10 heteroatoms. The summed E-state index contributed by atoms with van der Waals surface area (Å²) in [6.07, 6.45) is 12.4. The Balaban J connectivity index is 1.10. The second kappa shape index (κ2) is 14.4. The van der Waals surface area contributed by atoms with Gasteiger partial charge in [0.1, 0.15) is 23.8 Å². The average Bonchev–Trinajstić information content (AvgIpc) is 3.45. The number of imidazole rings is 1. The molecule has 5 aromatic rings. The molecule has 2 aromatic carbocycles. The van der Waals surface area contributed by atoms with Crippen LogP contribution in [0, 0.1) is 0 Å². The molecule has 206 valence electrons. The van der Waals surface area contributed by atoms with Crippen molar-refractivity contribution in [2.24, 2.45) is 20.5 Å². The third-order valence-corrected chi connectivity index (χ3v) is 6.90. The smallest absolute Gasteiger partial charge is 0.237 e. The highest BCUT2D eigenvalue weighted by Gasteiger charge is 2.12. The first-order chi connectivity index (χ1) is 20.1. The summed E-state index contributed by atoms with van der Waals surface area (Å²) in [5.41, 5.74) is 1.54.